The minimum atomic E-state index is -1.13. The molecule has 2 fully saturated rings. The number of hydrogen-bond donors (Lipinski definition) is 1. The second-order valence-corrected chi connectivity index (χ2v) is 5.40. The summed E-state index contributed by atoms with van der Waals surface area (Å²) in [6.07, 6.45) is 1.65. The quantitative estimate of drug-likeness (QED) is 0.743. The van der Waals surface area contributed by atoms with Crippen LogP contribution >= 0.6 is 0 Å². The molecule has 7 heteroatoms. The van der Waals surface area contributed by atoms with Crippen molar-refractivity contribution in [3.05, 3.63) is 0 Å². The van der Waals surface area contributed by atoms with E-state index in [4.69, 9.17) is 0 Å². The van der Waals surface area contributed by atoms with Crippen LogP contribution in [-0.4, -0.2) is 53.2 Å². The number of likely N-dealkylation sites (N-methyl/N-ethyl adjacent to an activating group) is 1. The van der Waals surface area contributed by atoms with E-state index in [0.717, 1.165) is 11.3 Å². The van der Waals surface area contributed by atoms with Gasteiger partial charge < -0.3 is 4.90 Å². The van der Waals surface area contributed by atoms with Gasteiger partial charge in [0.25, 0.3) is 0 Å². The van der Waals surface area contributed by atoms with Crippen LogP contribution in [0.15, 0.2) is 0 Å². The predicted molar refractivity (Wildman–Crippen MR) is 69.4 cm³/mol. The average molecular weight is 281 g/mol. The Labute approximate surface area is 117 Å². The van der Waals surface area contributed by atoms with Crippen LogP contribution in [0.4, 0.5) is 4.79 Å². The SMILES string of the molecule is CCN(C)C(=O)C(C)N1C(=O)NC(=O)C2(CCC2)C1=O. The minimum Gasteiger partial charge on any atom is -0.344 e. The first-order valence-corrected chi connectivity index (χ1v) is 6.79. The van der Waals surface area contributed by atoms with Gasteiger partial charge in [-0.05, 0) is 26.7 Å². The number of urea groups is 1. The third-order valence-corrected chi connectivity index (χ3v) is 4.30. The van der Waals surface area contributed by atoms with E-state index >= 15 is 0 Å². The van der Waals surface area contributed by atoms with Crippen LogP contribution in [0.1, 0.15) is 33.1 Å². The second kappa shape index (κ2) is 4.88. The molecule has 110 valence electrons. The molecule has 20 heavy (non-hydrogen) atoms. The molecule has 0 aromatic heterocycles. The van der Waals surface area contributed by atoms with Crippen molar-refractivity contribution >= 4 is 23.8 Å². The average Bonchev–Trinajstić information content (AvgIpc) is 2.34. The Morgan fingerprint density at radius 2 is 2.00 bits per heavy atom. The molecule has 1 aliphatic carbocycles. The lowest BCUT2D eigenvalue weighted by atomic mass is 9.66. The van der Waals surface area contributed by atoms with Crippen LogP contribution in [0, 0.1) is 5.41 Å². The summed E-state index contributed by atoms with van der Waals surface area (Å²) >= 11 is 0. The Morgan fingerprint density at radius 3 is 2.45 bits per heavy atom. The maximum atomic E-state index is 12.5. The molecule has 0 radical (unpaired) electrons. The van der Waals surface area contributed by atoms with Crippen molar-refractivity contribution in [1.29, 1.82) is 0 Å². The third kappa shape index (κ3) is 1.88. The van der Waals surface area contributed by atoms with Crippen molar-refractivity contribution in [2.75, 3.05) is 13.6 Å². The van der Waals surface area contributed by atoms with Gasteiger partial charge in [0.15, 0.2) is 0 Å². The van der Waals surface area contributed by atoms with Crippen LogP contribution in [0.5, 0.6) is 0 Å². The molecule has 7 nitrogen and oxygen atoms in total. The van der Waals surface area contributed by atoms with Gasteiger partial charge in [0.1, 0.15) is 11.5 Å². The predicted octanol–water partition coefficient (Wildman–Crippen LogP) is 0.102. The highest BCUT2D eigenvalue weighted by Gasteiger charge is 2.58. The molecular formula is C13H19N3O4. The van der Waals surface area contributed by atoms with Gasteiger partial charge >= 0.3 is 6.03 Å². The summed E-state index contributed by atoms with van der Waals surface area (Å²) in [4.78, 5) is 50.7. The lowest BCUT2D eigenvalue weighted by Crippen LogP contribution is -2.69. The van der Waals surface area contributed by atoms with Gasteiger partial charge in [-0.2, -0.15) is 0 Å². The van der Waals surface area contributed by atoms with Crippen molar-refractivity contribution in [1.82, 2.24) is 15.1 Å². The normalized spacial score (nSPS) is 22.4. The first-order chi connectivity index (χ1) is 9.35. The van der Waals surface area contributed by atoms with Crippen molar-refractivity contribution < 1.29 is 19.2 Å². The van der Waals surface area contributed by atoms with E-state index in [-0.39, 0.29) is 5.91 Å². The maximum absolute atomic E-state index is 12.5. The minimum absolute atomic E-state index is 0.320. The zero-order valence-corrected chi connectivity index (χ0v) is 11.9. The molecule has 1 N–H and O–H groups in total. The molecule has 5 amide bonds. The number of imide groups is 2. The summed E-state index contributed by atoms with van der Waals surface area (Å²) in [6, 6.07) is -1.71. The molecule has 1 heterocycles. The van der Waals surface area contributed by atoms with Crippen LogP contribution in [0.2, 0.25) is 0 Å². The number of carbonyl (C=O) groups excluding carboxylic acids is 4. The Bertz CT molecular complexity index is 484. The fourth-order valence-electron chi connectivity index (χ4n) is 2.61. The molecule has 0 aromatic carbocycles. The Morgan fingerprint density at radius 1 is 1.40 bits per heavy atom. The summed E-state index contributed by atoms with van der Waals surface area (Å²) in [5, 5.41) is 2.20. The Balaban J connectivity index is 2.26. The van der Waals surface area contributed by atoms with Crippen LogP contribution in [0.25, 0.3) is 0 Å². The molecule has 1 atom stereocenters. The largest absolute Gasteiger partial charge is 0.344 e. The van der Waals surface area contributed by atoms with Crippen molar-refractivity contribution in [2.24, 2.45) is 5.41 Å². The summed E-state index contributed by atoms with van der Waals surface area (Å²) < 4.78 is 0. The number of amides is 5. The number of carbonyl (C=O) groups is 4. The number of nitrogens with zero attached hydrogens (tertiary/aromatic N) is 2. The smallest absolute Gasteiger partial charge is 0.331 e. The molecule has 1 saturated carbocycles. The summed E-state index contributed by atoms with van der Waals surface area (Å²) in [7, 11) is 1.61. The molecule has 0 aromatic rings. The standard InChI is InChI=1S/C13H19N3O4/c1-4-15(3)9(17)8(2)16-11(19)13(6-5-7-13)10(18)14-12(16)20/h8H,4-7H2,1-3H3,(H,14,18,20). The summed E-state index contributed by atoms with van der Waals surface area (Å²) in [6.45, 7) is 3.80. The number of nitrogens with one attached hydrogen (secondary N) is 1. The van der Waals surface area contributed by atoms with Gasteiger partial charge in [0.05, 0.1) is 0 Å². The molecule has 1 saturated heterocycles. The van der Waals surface area contributed by atoms with Crippen molar-refractivity contribution in [3.8, 4) is 0 Å². The molecule has 1 aliphatic heterocycles. The molecule has 2 aliphatic rings. The van der Waals surface area contributed by atoms with Crippen LogP contribution in [0.3, 0.4) is 0 Å². The zero-order chi connectivity index (χ0) is 15.1. The Kier molecular flexibility index (Phi) is 3.54. The number of hydrogen-bond acceptors (Lipinski definition) is 4. The van der Waals surface area contributed by atoms with Gasteiger partial charge in [-0.15, -0.1) is 0 Å². The van der Waals surface area contributed by atoms with E-state index in [1.807, 2.05) is 0 Å². The van der Waals surface area contributed by atoms with E-state index in [1.54, 1.807) is 14.0 Å². The number of barbiturate groups is 1. The summed E-state index contributed by atoms with van der Waals surface area (Å²) in [5.74, 6) is -1.39. The molecule has 1 unspecified atom stereocenters. The van der Waals surface area contributed by atoms with Gasteiger partial charge in [-0.25, -0.2) is 4.79 Å². The Hall–Kier alpha value is -1.92. The molecule has 1 spiro atoms. The molecule has 0 bridgehead atoms. The third-order valence-electron chi connectivity index (χ3n) is 4.30. The van der Waals surface area contributed by atoms with Gasteiger partial charge in [-0.3, -0.25) is 24.6 Å². The van der Waals surface area contributed by atoms with Crippen molar-refractivity contribution in [2.45, 2.75) is 39.2 Å². The highest BCUT2D eigenvalue weighted by Crippen LogP contribution is 2.44. The van der Waals surface area contributed by atoms with E-state index in [2.05, 4.69) is 5.32 Å². The van der Waals surface area contributed by atoms with Gasteiger partial charge in [-0.1, -0.05) is 6.42 Å². The maximum Gasteiger partial charge on any atom is 0.331 e. The van der Waals surface area contributed by atoms with Gasteiger partial charge in [0.2, 0.25) is 17.7 Å². The topological polar surface area (TPSA) is 86.8 Å². The van der Waals surface area contributed by atoms with E-state index in [0.29, 0.717) is 19.4 Å². The number of rotatable bonds is 3. The highest BCUT2D eigenvalue weighted by atomic mass is 16.2. The molecular weight excluding hydrogens is 262 g/mol. The fraction of sp³-hybridized carbons (Fsp3) is 0.692. The fourth-order valence-corrected chi connectivity index (χ4v) is 2.61. The zero-order valence-electron chi connectivity index (χ0n) is 11.9. The highest BCUT2D eigenvalue weighted by molar-refractivity contribution is 6.20. The lowest BCUT2D eigenvalue weighted by molar-refractivity contribution is -0.161. The van der Waals surface area contributed by atoms with E-state index in [9.17, 15) is 19.2 Å². The first-order valence-electron chi connectivity index (χ1n) is 6.79. The lowest BCUT2D eigenvalue weighted by Gasteiger charge is -2.46. The molecule has 2 rings (SSSR count). The second-order valence-electron chi connectivity index (χ2n) is 5.40. The van der Waals surface area contributed by atoms with Crippen LogP contribution < -0.4 is 5.32 Å². The first kappa shape index (κ1) is 14.5. The van der Waals surface area contributed by atoms with E-state index < -0.39 is 29.3 Å². The van der Waals surface area contributed by atoms with Crippen molar-refractivity contribution in [3.63, 3.8) is 0 Å². The summed E-state index contributed by atoms with van der Waals surface area (Å²) in [5.41, 5.74) is -1.13. The van der Waals surface area contributed by atoms with Crippen LogP contribution in [-0.2, 0) is 14.4 Å². The monoisotopic (exact) mass is 281 g/mol. The van der Waals surface area contributed by atoms with Gasteiger partial charge in [0, 0.05) is 13.6 Å². The van der Waals surface area contributed by atoms with E-state index in [1.165, 1.54) is 11.8 Å².